The quantitative estimate of drug-likeness (QED) is 0.591. The van der Waals surface area contributed by atoms with Gasteiger partial charge in [-0.1, -0.05) is 47.5 Å². The monoisotopic (exact) mass is 425 g/mol. The molecule has 1 fully saturated rings. The number of amides is 1. The zero-order valence-corrected chi connectivity index (χ0v) is 17.7. The Hall–Kier alpha value is -2.14. The van der Waals surface area contributed by atoms with Gasteiger partial charge in [-0.3, -0.25) is 14.7 Å². The number of hydrogen-bond acceptors (Lipinski definition) is 3. The van der Waals surface area contributed by atoms with Crippen LogP contribution in [0.15, 0.2) is 42.5 Å². The molecular weight excluding hydrogens is 405 g/mol. The van der Waals surface area contributed by atoms with E-state index in [1.165, 1.54) is 16.5 Å². The van der Waals surface area contributed by atoms with E-state index in [0.717, 1.165) is 43.0 Å². The summed E-state index contributed by atoms with van der Waals surface area (Å²) >= 11 is 12.1. The first-order valence-electron chi connectivity index (χ1n) is 9.85. The number of benzene rings is 2. The Morgan fingerprint density at radius 1 is 1.14 bits per heavy atom. The lowest BCUT2D eigenvalue weighted by Crippen LogP contribution is -2.53. The van der Waals surface area contributed by atoms with Gasteiger partial charge in [-0.2, -0.15) is 0 Å². The number of carbonyl (C=O) groups excluding carboxylic acids is 1. The molecule has 3 heterocycles. The summed E-state index contributed by atoms with van der Waals surface area (Å²) in [6, 6.07) is 13.6. The molecule has 2 aliphatic heterocycles. The summed E-state index contributed by atoms with van der Waals surface area (Å²) in [6.45, 7) is 5.52. The number of para-hydroxylation sites is 1. The minimum absolute atomic E-state index is 0.00826. The molecule has 2 aliphatic rings. The second-order valence-corrected chi connectivity index (χ2v) is 8.70. The first-order valence-corrected chi connectivity index (χ1v) is 10.6. The van der Waals surface area contributed by atoms with Gasteiger partial charge < -0.3 is 4.90 Å². The van der Waals surface area contributed by atoms with Crippen molar-refractivity contribution in [2.24, 2.45) is 0 Å². The van der Waals surface area contributed by atoms with Crippen LogP contribution in [0.4, 0.5) is 0 Å². The van der Waals surface area contributed by atoms with Crippen molar-refractivity contribution in [3.05, 3.63) is 74.9 Å². The smallest absolute Gasteiger partial charge is 0.227 e. The third kappa shape index (κ3) is 3.29. The predicted molar refractivity (Wildman–Crippen MR) is 116 cm³/mol. The Bertz CT molecular complexity index is 1130. The molecule has 0 saturated carbocycles. The van der Waals surface area contributed by atoms with Crippen molar-refractivity contribution < 1.29 is 4.79 Å². The van der Waals surface area contributed by atoms with Crippen LogP contribution in [0.2, 0.25) is 10.0 Å². The molecule has 5 rings (SSSR count). The van der Waals surface area contributed by atoms with E-state index in [1.807, 2.05) is 17.0 Å². The summed E-state index contributed by atoms with van der Waals surface area (Å²) in [5.74, 6) is 0.105. The van der Waals surface area contributed by atoms with E-state index in [-0.39, 0.29) is 11.9 Å². The van der Waals surface area contributed by atoms with Crippen molar-refractivity contribution in [2.45, 2.75) is 25.9 Å². The zero-order chi connectivity index (χ0) is 20.1. The minimum Gasteiger partial charge on any atom is -0.331 e. The second-order valence-electron chi connectivity index (χ2n) is 7.88. The molecule has 1 amide bonds. The van der Waals surface area contributed by atoms with E-state index in [9.17, 15) is 4.79 Å². The van der Waals surface area contributed by atoms with Crippen LogP contribution >= 0.6 is 23.2 Å². The Kier molecular flexibility index (Phi) is 4.73. The van der Waals surface area contributed by atoms with Crippen LogP contribution in [0, 0.1) is 6.92 Å². The molecule has 2 bridgehead atoms. The molecule has 1 aromatic heterocycles. The normalized spacial score (nSPS) is 20.6. The average molecular weight is 426 g/mol. The molecule has 6 heteroatoms. The fourth-order valence-electron chi connectivity index (χ4n) is 4.58. The highest BCUT2D eigenvalue weighted by atomic mass is 35.5. The molecule has 2 atom stereocenters. The number of hydrogen-bond donors (Lipinski definition) is 0. The van der Waals surface area contributed by atoms with Gasteiger partial charge in [0.05, 0.1) is 33.7 Å². The number of pyridine rings is 1. The van der Waals surface area contributed by atoms with Crippen molar-refractivity contribution in [3.8, 4) is 0 Å². The largest absolute Gasteiger partial charge is 0.331 e. The van der Waals surface area contributed by atoms with Gasteiger partial charge in [0.25, 0.3) is 0 Å². The number of carbonyl (C=O) groups is 1. The van der Waals surface area contributed by atoms with Gasteiger partial charge in [-0.25, -0.2) is 0 Å². The maximum absolute atomic E-state index is 13.2. The highest BCUT2D eigenvalue weighted by Crippen LogP contribution is 2.37. The van der Waals surface area contributed by atoms with Crippen molar-refractivity contribution >= 4 is 40.0 Å². The van der Waals surface area contributed by atoms with Crippen molar-refractivity contribution in [3.63, 3.8) is 0 Å². The minimum atomic E-state index is -0.00826. The molecule has 0 N–H and O–H groups in total. The molecule has 2 aromatic carbocycles. The van der Waals surface area contributed by atoms with Gasteiger partial charge in [0.2, 0.25) is 5.91 Å². The van der Waals surface area contributed by atoms with Crippen LogP contribution in [0.1, 0.15) is 28.4 Å². The van der Waals surface area contributed by atoms with Crippen molar-refractivity contribution in [2.75, 3.05) is 19.6 Å². The number of aryl methyl sites for hydroxylation is 1. The molecule has 0 aliphatic carbocycles. The third-order valence-electron chi connectivity index (χ3n) is 6.13. The van der Waals surface area contributed by atoms with E-state index >= 15 is 0 Å². The molecule has 1 saturated heterocycles. The van der Waals surface area contributed by atoms with Crippen molar-refractivity contribution in [1.82, 2.24) is 14.8 Å². The Morgan fingerprint density at radius 3 is 2.79 bits per heavy atom. The van der Waals surface area contributed by atoms with E-state index < -0.39 is 0 Å². The molecule has 1 unspecified atom stereocenters. The number of piperazine rings is 1. The summed E-state index contributed by atoms with van der Waals surface area (Å²) in [5, 5.41) is 2.18. The van der Waals surface area contributed by atoms with Gasteiger partial charge in [0.1, 0.15) is 0 Å². The number of fused-ring (bicyclic) bond motifs is 5. The lowest BCUT2D eigenvalue weighted by Gasteiger charge is -2.45. The van der Waals surface area contributed by atoms with Crippen LogP contribution in [0.3, 0.4) is 0 Å². The standard InChI is InChI=1S/C23H21Cl2N3O/c1-14-16-4-2-3-5-20(16)26-23-17(14)12-27-8-9-28(21(23)13-27)22(29)11-15-6-7-18(24)19(25)10-15/h2-7,10,21H,8-9,11-13H2,1H3/t21-/m0/s1. The molecule has 3 aromatic rings. The average Bonchev–Trinajstić information content (AvgIpc) is 2.72. The summed E-state index contributed by atoms with van der Waals surface area (Å²) in [5.41, 5.74) is 5.48. The summed E-state index contributed by atoms with van der Waals surface area (Å²) < 4.78 is 0. The first-order chi connectivity index (χ1) is 14.0. The highest BCUT2D eigenvalue weighted by molar-refractivity contribution is 6.42. The Morgan fingerprint density at radius 2 is 1.97 bits per heavy atom. The second kappa shape index (κ2) is 7.28. The van der Waals surface area contributed by atoms with Crippen LogP contribution in [-0.4, -0.2) is 40.3 Å². The number of nitrogens with zero attached hydrogens (tertiary/aromatic N) is 3. The van der Waals surface area contributed by atoms with Gasteiger partial charge in [-0.05, 0) is 41.8 Å². The van der Waals surface area contributed by atoms with Crippen LogP contribution < -0.4 is 0 Å². The maximum Gasteiger partial charge on any atom is 0.227 e. The fourth-order valence-corrected chi connectivity index (χ4v) is 4.90. The zero-order valence-electron chi connectivity index (χ0n) is 16.2. The summed E-state index contributed by atoms with van der Waals surface area (Å²) in [7, 11) is 0. The molecule has 29 heavy (non-hydrogen) atoms. The molecule has 0 spiro atoms. The Balaban J connectivity index is 1.50. The Labute approximate surface area is 180 Å². The van der Waals surface area contributed by atoms with E-state index in [1.54, 1.807) is 12.1 Å². The molecule has 0 radical (unpaired) electrons. The van der Waals surface area contributed by atoms with Crippen LogP contribution in [-0.2, 0) is 17.8 Å². The number of aromatic nitrogens is 1. The first kappa shape index (κ1) is 18.9. The topological polar surface area (TPSA) is 36.4 Å². The number of rotatable bonds is 2. The van der Waals surface area contributed by atoms with E-state index in [4.69, 9.17) is 28.2 Å². The predicted octanol–water partition coefficient (Wildman–Crippen LogP) is 4.79. The lowest BCUT2D eigenvalue weighted by atomic mass is 9.91. The van der Waals surface area contributed by atoms with Gasteiger partial charge >= 0.3 is 0 Å². The summed E-state index contributed by atoms with van der Waals surface area (Å²) in [4.78, 5) is 22.7. The van der Waals surface area contributed by atoms with E-state index in [0.29, 0.717) is 16.5 Å². The maximum atomic E-state index is 13.2. The fraction of sp³-hybridized carbons (Fsp3) is 0.304. The lowest BCUT2D eigenvalue weighted by molar-refractivity contribution is -0.136. The van der Waals surface area contributed by atoms with Gasteiger partial charge in [0, 0.05) is 31.6 Å². The van der Waals surface area contributed by atoms with Crippen LogP contribution in [0.5, 0.6) is 0 Å². The number of halogens is 2. The molecule has 4 nitrogen and oxygen atoms in total. The molecule has 148 valence electrons. The van der Waals surface area contributed by atoms with Crippen molar-refractivity contribution in [1.29, 1.82) is 0 Å². The SMILES string of the molecule is Cc1c2c(nc3ccccc13)[C@@H]1CN(CCN1C(=O)Cc1ccc(Cl)c(Cl)c1)C2. The molecular formula is C23H21Cl2N3O. The highest BCUT2D eigenvalue weighted by Gasteiger charge is 2.38. The summed E-state index contributed by atoms with van der Waals surface area (Å²) in [6.07, 6.45) is 0.315. The van der Waals surface area contributed by atoms with Crippen LogP contribution in [0.25, 0.3) is 10.9 Å². The third-order valence-corrected chi connectivity index (χ3v) is 6.87. The van der Waals surface area contributed by atoms with Gasteiger partial charge in [-0.15, -0.1) is 0 Å². The van der Waals surface area contributed by atoms with Gasteiger partial charge in [0.15, 0.2) is 0 Å². The van der Waals surface area contributed by atoms with E-state index in [2.05, 4.69) is 30.0 Å².